The zero-order chi connectivity index (χ0) is 22.1. The van der Waals surface area contributed by atoms with E-state index in [2.05, 4.69) is 5.32 Å². The summed E-state index contributed by atoms with van der Waals surface area (Å²) in [6, 6.07) is 12.5. The van der Waals surface area contributed by atoms with Gasteiger partial charge in [-0.15, -0.1) is 0 Å². The molecule has 30 heavy (non-hydrogen) atoms. The van der Waals surface area contributed by atoms with Crippen LogP contribution in [0.2, 0.25) is 0 Å². The Labute approximate surface area is 176 Å². The molecule has 0 saturated carbocycles. The van der Waals surface area contributed by atoms with E-state index in [4.69, 9.17) is 9.47 Å². The Balaban J connectivity index is 1.91. The van der Waals surface area contributed by atoms with Crippen LogP contribution >= 0.6 is 0 Å². The molecule has 8 nitrogen and oxygen atoms in total. The van der Waals surface area contributed by atoms with E-state index in [1.54, 1.807) is 45.2 Å². The van der Waals surface area contributed by atoms with E-state index in [9.17, 15) is 18.0 Å². The Bertz CT molecular complexity index is 952. The van der Waals surface area contributed by atoms with Crippen molar-refractivity contribution in [2.75, 3.05) is 32.1 Å². The minimum atomic E-state index is -3.56. The first-order valence-corrected chi connectivity index (χ1v) is 10.9. The molecule has 0 saturated heterocycles. The van der Waals surface area contributed by atoms with Crippen molar-refractivity contribution in [2.45, 2.75) is 25.3 Å². The second kappa shape index (κ2) is 10.9. The molecule has 0 unspecified atom stereocenters. The standard InChI is InChI=1S/C21H26N2O6S/c1-4-23(5-2)30(26,27)19-12-10-18(11-13-19)22-20(24)15-29-21(25)17-8-6-16(7-9-17)14-28-3/h6-13H,4-5,14-15H2,1-3H3,(H,22,24). The van der Waals surface area contributed by atoms with Crippen LogP contribution in [-0.2, 0) is 30.9 Å². The van der Waals surface area contributed by atoms with Crippen LogP contribution in [0.3, 0.4) is 0 Å². The quantitative estimate of drug-likeness (QED) is 0.577. The fourth-order valence-electron chi connectivity index (χ4n) is 2.74. The molecule has 2 aromatic rings. The van der Waals surface area contributed by atoms with Gasteiger partial charge in [-0.05, 0) is 42.0 Å². The van der Waals surface area contributed by atoms with E-state index in [0.29, 0.717) is 30.9 Å². The fraction of sp³-hybridized carbons (Fsp3) is 0.333. The van der Waals surface area contributed by atoms with Gasteiger partial charge in [0.2, 0.25) is 10.0 Å². The number of benzene rings is 2. The summed E-state index contributed by atoms with van der Waals surface area (Å²) in [5.74, 6) is -1.14. The third kappa shape index (κ3) is 6.12. The monoisotopic (exact) mass is 434 g/mol. The summed E-state index contributed by atoms with van der Waals surface area (Å²) in [5.41, 5.74) is 1.64. The number of sulfonamides is 1. The van der Waals surface area contributed by atoms with Gasteiger partial charge in [-0.2, -0.15) is 4.31 Å². The van der Waals surface area contributed by atoms with E-state index < -0.39 is 28.5 Å². The number of carbonyl (C=O) groups is 2. The molecule has 0 atom stereocenters. The average molecular weight is 435 g/mol. The van der Waals surface area contributed by atoms with Crippen molar-refractivity contribution >= 4 is 27.6 Å². The van der Waals surface area contributed by atoms with Crippen molar-refractivity contribution in [3.05, 3.63) is 59.7 Å². The summed E-state index contributed by atoms with van der Waals surface area (Å²) < 4.78 is 36.3. The van der Waals surface area contributed by atoms with Crippen molar-refractivity contribution in [3.63, 3.8) is 0 Å². The summed E-state index contributed by atoms with van der Waals surface area (Å²) in [6.45, 7) is 4.26. The summed E-state index contributed by atoms with van der Waals surface area (Å²) >= 11 is 0. The molecule has 9 heteroatoms. The lowest BCUT2D eigenvalue weighted by atomic mass is 10.1. The number of hydrogen-bond donors (Lipinski definition) is 1. The van der Waals surface area contributed by atoms with Gasteiger partial charge in [0.25, 0.3) is 5.91 Å². The maximum absolute atomic E-state index is 12.5. The van der Waals surface area contributed by atoms with Crippen LogP contribution in [0.1, 0.15) is 29.8 Å². The van der Waals surface area contributed by atoms with Gasteiger partial charge in [0.05, 0.1) is 17.1 Å². The molecule has 0 fully saturated rings. The van der Waals surface area contributed by atoms with Crippen molar-refractivity contribution in [3.8, 4) is 0 Å². The van der Waals surface area contributed by atoms with E-state index in [1.165, 1.54) is 28.6 Å². The van der Waals surface area contributed by atoms with Gasteiger partial charge in [-0.1, -0.05) is 26.0 Å². The number of nitrogens with zero attached hydrogens (tertiary/aromatic N) is 1. The number of carbonyl (C=O) groups excluding carboxylic acids is 2. The van der Waals surface area contributed by atoms with Crippen LogP contribution < -0.4 is 5.32 Å². The van der Waals surface area contributed by atoms with E-state index >= 15 is 0 Å². The number of ether oxygens (including phenoxy) is 2. The Morgan fingerprint density at radius 2 is 1.57 bits per heavy atom. The van der Waals surface area contributed by atoms with Crippen molar-refractivity contribution < 1.29 is 27.5 Å². The number of methoxy groups -OCH3 is 1. The molecule has 0 radical (unpaired) electrons. The largest absolute Gasteiger partial charge is 0.452 e. The lowest BCUT2D eigenvalue weighted by Crippen LogP contribution is -2.30. The lowest BCUT2D eigenvalue weighted by Gasteiger charge is -2.18. The van der Waals surface area contributed by atoms with Gasteiger partial charge in [0.1, 0.15) is 0 Å². The maximum atomic E-state index is 12.5. The molecule has 0 bridgehead atoms. The Kier molecular flexibility index (Phi) is 8.52. The van der Waals surface area contributed by atoms with E-state index in [-0.39, 0.29) is 4.90 Å². The molecule has 0 heterocycles. The molecule has 0 spiro atoms. The maximum Gasteiger partial charge on any atom is 0.338 e. The molecule has 0 aliphatic carbocycles. The van der Waals surface area contributed by atoms with Gasteiger partial charge in [0.15, 0.2) is 6.61 Å². The molecular formula is C21H26N2O6S. The number of esters is 1. The highest BCUT2D eigenvalue weighted by atomic mass is 32.2. The second-order valence-corrected chi connectivity index (χ2v) is 8.31. The topological polar surface area (TPSA) is 102 Å². The SMILES string of the molecule is CCN(CC)S(=O)(=O)c1ccc(NC(=O)COC(=O)c2ccc(COC)cc2)cc1. The van der Waals surface area contributed by atoms with Crippen LogP contribution in [0.4, 0.5) is 5.69 Å². The lowest BCUT2D eigenvalue weighted by molar-refractivity contribution is -0.119. The molecule has 162 valence electrons. The smallest absolute Gasteiger partial charge is 0.338 e. The van der Waals surface area contributed by atoms with Crippen LogP contribution in [0.5, 0.6) is 0 Å². The minimum Gasteiger partial charge on any atom is -0.452 e. The van der Waals surface area contributed by atoms with Gasteiger partial charge in [-0.25, -0.2) is 13.2 Å². The van der Waals surface area contributed by atoms with Crippen LogP contribution in [0, 0.1) is 0 Å². The van der Waals surface area contributed by atoms with Gasteiger partial charge < -0.3 is 14.8 Å². The highest BCUT2D eigenvalue weighted by Gasteiger charge is 2.21. The molecule has 1 amide bonds. The normalized spacial score (nSPS) is 11.3. The molecule has 0 aliphatic rings. The van der Waals surface area contributed by atoms with E-state index in [1.807, 2.05) is 0 Å². The highest BCUT2D eigenvalue weighted by Crippen LogP contribution is 2.18. The van der Waals surface area contributed by atoms with Crippen LogP contribution in [-0.4, -0.2) is 51.4 Å². The van der Waals surface area contributed by atoms with E-state index in [0.717, 1.165) is 5.56 Å². The molecule has 1 N–H and O–H groups in total. The number of anilines is 1. The molecule has 2 rings (SSSR count). The summed E-state index contributed by atoms with van der Waals surface area (Å²) in [6.07, 6.45) is 0. The zero-order valence-corrected chi connectivity index (χ0v) is 18.1. The minimum absolute atomic E-state index is 0.146. The van der Waals surface area contributed by atoms with Crippen LogP contribution in [0.25, 0.3) is 0 Å². The third-order valence-corrected chi connectivity index (χ3v) is 6.38. The predicted octanol–water partition coefficient (Wildman–Crippen LogP) is 2.66. The molecular weight excluding hydrogens is 408 g/mol. The van der Waals surface area contributed by atoms with Crippen molar-refractivity contribution in [1.82, 2.24) is 4.31 Å². The first-order valence-electron chi connectivity index (χ1n) is 9.46. The zero-order valence-electron chi connectivity index (χ0n) is 17.3. The van der Waals surface area contributed by atoms with Crippen LogP contribution in [0.15, 0.2) is 53.4 Å². The fourth-order valence-corrected chi connectivity index (χ4v) is 4.20. The second-order valence-electron chi connectivity index (χ2n) is 6.37. The summed E-state index contributed by atoms with van der Waals surface area (Å²) in [5, 5.41) is 2.57. The molecule has 0 aromatic heterocycles. The predicted molar refractivity (Wildman–Crippen MR) is 113 cm³/mol. The highest BCUT2D eigenvalue weighted by molar-refractivity contribution is 7.89. The Hall–Kier alpha value is -2.75. The molecule has 2 aromatic carbocycles. The number of nitrogens with one attached hydrogen (secondary N) is 1. The summed E-state index contributed by atoms with van der Waals surface area (Å²) in [4.78, 5) is 24.2. The Morgan fingerprint density at radius 1 is 0.967 bits per heavy atom. The average Bonchev–Trinajstić information content (AvgIpc) is 2.74. The summed E-state index contributed by atoms with van der Waals surface area (Å²) in [7, 11) is -1.98. The van der Waals surface area contributed by atoms with Gasteiger partial charge >= 0.3 is 5.97 Å². The number of amides is 1. The van der Waals surface area contributed by atoms with Gasteiger partial charge in [-0.3, -0.25) is 4.79 Å². The first kappa shape index (κ1) is 23.5. The first-order chi connectivity index (χ1) is 14.3. The molecule has 0 aliphatic heterocycles. The van der Waals surface area contributed by atoms with Crippen molar-refractivity contribution in [2.24, 2.45) is 0 Å². The van der Waals surface area contributed by atoms with Crippen molar-refractivity contribution in [1.29, 1.82) is 0 Å². The number of hydrogen-bond acceptors (Lipinski definition) is 6. The number of rotatable bonds is 10. The Morgan fingerprint density at radius 3 is 2.10 bits per heavy atom. The van der Waals surface area contributed by atoms with Gasteiger partial charge in [0, 0.05) is 25.9 Å². The third-order valence-electron chi connectivity index (χ3n) is 4.32.